The SMILES string of the molecule is C#Cc1ccccc1N.[Si]. The monoisotopic (exact) mass is 145 g/mol. The summed E-state index contributed by atoms with van der Waals surface area (Å²) in [5.41, 5.74) is 6.92. The van der Waals surface area contributed by atoms with Crippen LogP contribution in [0.3, 0.4) is 0 Å². The van der Waals surface area contributed by atoms with E-state index in [0.29, 0.717) is 5.69 Å². The van der Waals surface area contributed by atoms with Crippen LogP contribution < -0.4 is 5.73 Å². The van der Waals surface area contributed by atoms with Crippen LogP contribution >= 0.6 is 0 Å². The van der Waals surface area contributed by atoms with Gasteiger partial charge in [0.05, 0.1) is 0 Å². The normalized spacial score (nSPS) is 7.50. The van der Waals surface area contributed by atoms with Gasteiger partial charge in [-0.2, -0.15) is 0 Å². The zero-order valence-corrected chi connectivity index (χ0v) is 6.46. The summed E-state index contributed by atoms with van der Waals surface area (Å²) in [6.45, 7) is 0. The van der Waals surface area contributed by atoms with Crippen molar-refractivity contribution in [2.75, 3.05) is 5.73 Å². The largest absolute Gasteiger partial charge is 0.398 e. The van der Waals surface area contributed by atoms with E-state index in [2.05, 4.69) is 5.92 Å². The molecule has 0 aliphatic rings. The minimum absolute atomic E-state index is 0. The number of terminal acetylenes is 1. The first kappa shape index (κ1) is 8.80. The van der Waals surface area contributed by atoms with Crippen LogP contribution in [0.5, 0.6) is 0 Å². The van der Waals surface area contributed by atoms with Gasteiger partial charge in [-0.3, -0.25) is 0 Å². The van der Waals surface area contributed by atoms with E-state index in [1.807, 2.05) is 18.2 Å². The van der Waals surface area contributed by atoms with Crippen molar-refractivity contribution in [1.29, 1.82) is 0 Å². The Morgan fingerprint density at radius 1 is 1.30 bits per heavy atom. The zero-order valence-electron chi connectivity index (χ0n) is 5.46. The Morgan fingerprint density at radius 3 is 2.30 bits per heavy atom. The second-order valence-electron chi connectivity index (χ2n) is 1.73. The molecule has 0 saturated heterocycles. The van der Waals surface area contributed by atoms with Crippen molar-refractivity contribution in [2.24, 2.45) is 0 Å². The molecule has 1 nitrogen and oxygen atoms in total. The molecule has 0 aliphatic carbocycles. The summed E-state index contributed by atoms with van der Waals surface area (Å²) < 4.78 is 0. The van der Waals surface area contributed by atoms with Gasteiger partial charge in [0.15, 0.2) is 0 Å². The summed E-state index contributed by atoms with van der Waals surface area (Å²) in [6.07, 6.45) is 5.12. The highest BCUT2D eigenvalue weighted by Crippen LogP contribution is 2.06. The van der Waals surface area contributed by atoms with Crippen molar-refractivity contribution in [2.45, 2.75) is 0 Å². The minimum Gasteiger partial charge on any atom is -0.398 e. The fourth-order valence-electron chi connectivity index (χ4n) is 0.628. The van der Waals surface area contributed by atoms with Crippen molar-refractivity contribution in [3.05, 3.63) is 29.8 Å². The Morgan fingerprint density at radius 2 is 1.90 bits per heavy atom. The van der Waals surface area contributed by atoms with Gasteiger partial charge in [0.25, 0.3) is 0 Å². The Hall–Kier alpha value is -1.20. The lowest BCUT2D eigenvalue weighted by molar-refractivity contribution is 1.63. The third-order valence-corrected chi connectivity index (χ3v) is 1.12. The van der Waals surface area contributed by atoms with Crippen molar-refractivity contribution in [1.82, 2.24) is 0 Å². The molecule has 0 heterocycles. The van der Waals surface area contributed by atoms with Crippen LogP contribution in [0, 0.1) is 12.3 Å². The fourth-order valence-corrected chi connectivity index (χ4v) is 0.628. The summed E-state index contributed by atoms with van der Waals surface area (Å²) in [5, 5.41) is 0. The molecule has 0 aliphatic heterocycles. The van der Waals surface area contributed by atoms with Crippen LogP contribution in [0.1, 0.15) is 5.56 Å². The molecule has 1 aromatic carbocycles. The summed E-state index contributed by atoms with van der Waals surface area (Å²) in [4.78, 5) is 0. The van der Waals surface area contributed by atoms with E-state index in [9.17, 15) is 0 Å². The summed E-state index contributed by atoms with van der Waals surface area (Å²) in [5.74, 6) is 2.47. The average molecular weight is 145 g/mol. The molecule has 0 atom stereocenters. The van der Waals surface area contributed by atoms with E-state index in [1.165, 1.54) is 0 Å². The third kappa shape index (κ3) is 1.64. The molecule has 0 aromatic heterocycles. The van der Waals surface area contributed by atoms with Crippen LogP contribution in [-0.4, -0.2) is 11.0 Å². The molecule has 0 fully saturated rings. The number of hydrogen-bond acceptors (Lipinski definition) is 1. The number of anilines is 1. The Labute approximate surface area is 65.3 Å². The van der Waals surface area contributed by atoms with Crippen LogP contribution in [0.15, 0.2) is 24.3 Å². The number of hydrogen-bond donors (Lipinski definition) is 1. The first-order chi connectivity index (χ1) is 4.34. The lowest BCUT2D eigenvalue weighted by Gasteiger charge is -1.93. The Bertz CT molecular complexity index is 250. The van der Waals surface area contributed by atoms with Gasteiger partial charge < -0.3 is 5.73 Å². The average Bonchev–Trinajstić information content (AvgIpc) is 1.89. The van der Waals surface area contributed by atoms with E-state index in [1.54, 1.807) is 6.07 Å². The maximum Gasteiger partial charge on any atom is 0.0473 e. The molecule has 48 valence electrons. The molecule has 2 heteroatoms. The second kappa shape index (κ2) is 3.75. The number of rotatable bonds is 0. The Kier molecular flexibility index (Phi) is 3.30. The molecule has 0 unspecified atom stereocenters. The van der Waals surface area contributed by atoms with Gasteiger partial charge in [0.2, 0.25) is 0 Å². The molecular formula is C8H7NSi. The number of nitrogens with two attached hydrogens (primary N) is 1. The van der Waals surface area contributed by atoms with E-state index < -0.39 is 0 Å². The number of nitrogen functional groups attached to an aromatic ring is 1. The highest BCUT2D eigenvalue weighted by Gasteiger charge is 1.88. The highest BCUT2D eigenvalue weighted by molar-refractivity contribution is 5.75. The summed E-state index contributed by atoms with van der Waals surface area (Å²) in [7, 11) is 0. The molecule has 0 saturated carbocycles. The van der Waals surface area contributed by atoms with Gasteiger partial charge in [0.1, 0.15) is 0 Å². The van der Waals surface area contributed by atoms with Crippen LogP contribution in [-0.2, 0) is 0 Å². The molecule has 0 spiro atoms. The van der Waals surface area contributed by atoms with Gasteiger partial charge in [-0.25, -0.2) is 0 Å². The van der Waals surface area contributed by atoms with Crippen molar-refractivity contribution in [3.8, 4) is 12.3 Å². The highest BCUT2D eigenvalue weighted by atomic mass is 28.1. The molecule has 4 radical (unpaired) electrons. The van der Waals surface area contributed by atoms with E-state index in [-0.39, 0.29) is 11.0 Å². The minimum atomic E-state index is 0. The number of para-hydroxylation sites is 1. The van der Waals surface area contributed by atoms with Gasteiger partial charge in [-0.15, -0.1) is 6.42 Å². The molecule has 1 rings (SSSR count). The molecule has 10 heavy (non-hydrogen) atoms. The van der Waals surface area contributed by atoms with Crippen molar-refractivity contribution >= 4 is 16.7 Å². The van der Waals surface area contributed by atoms with Gasteiger partial charge >= 0.3 is 0 Å². The van der Waals surface area contributed by atoms with Crippen molar-refractivity contribution < 1.29 is 0 Å². The third-order valence-electron chi connectivity index (χ3n) is 1.12. The zero-order chi connectivity index (χ0) is 6.69. The fraction of sp³-hybridized carbons (Fsp3) is 0. The lowest BCUT2D eigenvalue weighted by Crippen LogP contribution is -1.87. The molecule has 0 amide bonds. The maximum absolute atomic E-state index is 5.49. The predicted molar refractivity (Wildman–Crippen MR) is 44.5 cm³/mol. The smallest absolute Gasteiger partial charge is 0.0473 e. The lowest BCUT2D eigenvalue weighted by atomic mass is 10.2. The van der Waals surface area contributed by atoms with Gasteiger partial charge in [-0.1, -0.05) is 18.1 Å². The van der Waals surface area contributed by atoms with E-state index >= 15 is 0 Å². The maximum atomic E-state index is 5.49. The quantitative estimate of drug-likeness (QED) is 0.327. The molecule has 0 bridgehead atoms. The summed E-state index contributed by atoms with van der Waals surface area (Å²) >= 11 is 0. The van der Waals surface area contributed by atoms with Crippen LogP contribution in [0.4, 0.5) is 5.69 Å². The topological polar surface area (TPSA) is 26.0 Å². The van der Waals surface area contributed by atoms with E-state index in [0.717, 1.165) is 5.56 Å². The summed E-state index contributed by atoms with van der Waals surface area (Å²) in [6, 6.07) is 7.33. The van der Waals surface area contributed by atoms with Gasteiger partial charge in [-0.05, 0) is 12.1 Å². The standard InChI is InChI=1S/C8H7N.Si/c1-2-7-5-3-4-6-8(7)9;/h1,3-6H,9H2;. The molecule has 1 aromatic rings. The van der Waals surface area contributed by atoms with Crippen LogP contribution in [0.2, 0.25) is 0 Å². The predicted octanol–water partition coefficient (Wildman–Crippen LogP) is 0.869. The first-order valence-electron chi connectivity index (χ1n) is 2.65. The van der Waals surface area contributed by atoms with Gasteiger partial charge in [0, 0.05) is 22.2 Å². The van der Waals surface area contributed by atoms with Crippen LogP contribution in [0.25, 0.3) is 0 Å². The van der Waals surface area contributed by atoms with E-state index in [4.69, 9.17) is 12.2 Å². The number of benzene rings is 1. The molecular weight excluding hydrogens is 138 g/mol. The second-order valence-corrected chi connectivity index (χ2v) is 1.73. The van der Waals surface area contributed by atoms with Crippen molar-refractivity contribution in [3.63, 3.8) is 0 Å². The molecule has 2 N–H and O–H groups in total. The Balaban J connectivity index is 0.000000810. The first-order valence-corrected chi connectivity index (χ1v) is 2.65.